The molecular formula is C18H19BrClNO4S. The minimum absolute atomic E-state index is 0.0107. The molecule has 1 unspecified atom stereocenters. The number of aromatic carboxylic acids is 1. The summed E-state index contributed by atoms with van der Waals surface area (Å²) < 4.78 is 28.5. The zero-order chi connectivity index (χ0) is 19.6. The summed E-state index contributed by atoms with van der Waals surface area (Å²) in [4.78, 5) is 11.4. The second-order valence-electron chi connectivity index (χ2n) is 5.85. The van der Waals surface area contributed by atoms with Crippen molar-refractivity contribution in [2.45, 2.75) is 31.2 Å². The van der Waals surface area contributed by atoms with E-state index in [1.54, 1.807) is 0 Å². The van der Waals surface area contributed by atoms with Crippen LogP contribution in [-0.4, -0.2) is 30.8 Å². The highest BCUT2D eigenvalue weighted by molar-refractivity contribution is 9.10. The molecule has 0 fully saturated rings. The molecule has 0 aromatic heterocycles. The fourth-order valence-electron chi connectivity index (χ4n) is 2.91. The molecule has 0 aliphatic heterocycles. The van der Waals surface area contributed by atoms with Crippen molar-refractivity contribution in [2.75, 3.05) is 7.05 Å². The fourth-order valence-corrected chi connectivity index (χ4v) is 5.11. The zero-order valence-electron chi connectivity index (χ0n) is 14.5. The maximum absolute atomic E-state index is 13.2. The van der Waals surface area contributed by atoms with Gasteiger partial charge in [0.15, 0.2) is 0 Å². The summed E-state index contributed by atoms with van der Waals surface area (Å²) in [6, 6.07) is 9.71. The predicted octanol–water partition coefficient (Wildman–Crippen LogP) is 4.88. The average molecular weight is 461 g/mol. The van der Waals surface area contributed by atoms with E-state index in [-0.39, 0.29) is 27.1 Å². The van der Waals surface area contributed by atoms with E-state index in [0.29, 0.717) is 6.42 Å². The van der Waals surface area contributed by atoms with E-state index in [2.05, 4.69) is 15.9 Å². The number of carbonyl (C=O) groups is 1. The van der Waals surface area contributed by atoms with Crippen molar-refractivity contribution < 1.29 is 18.3 Å². The van der Waals surface area contributed by atoms with Gasteiger partial charge in [-0.15, -0.1) is 0 Å². The molecule has 0 aliphatic carbocycles. The molecule has 1 N–H and O–H groups in total. The first-order valence-electron chi connectivity index (χ1n) is 7.87. The third-order valence-electron chi connectivity index (χ3n) is 4.32. The van der Waals surface area contributed by atoms with Gasteiger partial charge >= 0.3 is 5.97 Å². The van der Waals surface area contributed by atoms with E-state index in [9.17, 15) is 18.3 Å². The first-order valence-corrected chi connectivity index (χ1v) is 10.5. The monoisotopic (exact) mass is 459 g/mol. The Morgan fingerprint density at radius 3 is 2.31 bits per heavy atom. The number of carboxylic acids is 1. The van der Waals surface area contributed by atoms with Gasteiger partial charge in [-0.1, -0.05) is 46.6 Å². The van der Waals surface area contributed by atoms with E-state index in [1.807, 2.05) is 31.2 Å². The Bertz CT molecular complexity index is 929. The van der Waals surface area contributed by atoms with Crippen LogP contribution in [0.5, 0.6) is 0 Å². The molecule has 5 nitrogen and oxygen atoms in total. The topological polar surface area (TPSA) is 74.7 Å². The number of benzene rings is 2. The van der Waals surface area contributed by atoms with Crippen molar-refractivity contribution in [1.82, 2.24) is 4.31 Å². The summed E-state index contributed by atoms with van der Waals surface area (Å²) in [6.07, 6.45) is 0.565. The SMILES string of the molecule is CCC(c1ccc(Br)cc1)N(C)S(=O)(=O)c1ccc(Cl)c(C(=O)O)c1C. The van der Waals surface area contributed by atoms with E-state index >= 15 is 0 Å². The zero-order valence-corrected chi connectivity index (χ0v) is 17.7. The summed E-state index contributed by atoms with van der Waals surface area (Å²) in [7, 11) is -2.41. The maximum Gasteiger partial charge on any atom is 0.337 e. The van der Waals surface area contributed by atoms with Crippen molar-refractivity contribution in [1.29, 1.82) is 0 Å². The van der Waals surface area contributed by atoms with Gasteiger partial charge in [0.2, 0.25) is 10.0 Å². The van der Waals surface area contributed by atoms with Gasteiger partial charge in [0, 0.05) is 17.6 Å². The number of rotatable bonds is 6. The van der Waals surface area contributed by atoms with Crippen LogP contribution in [0.1, 0.15) is 40.9 Å². The summed E-state index contributed by atoms with van der Waals surface area (Å²) in [6.45, 7) is 3.35. The molecule has 1 atom stereocenters. The maximum atomic E-state index is 13.2. The Kier molecular flexibility index (Phi) is 6.50. The van der Waals surface area contributed by atoms with E-state index in [0.717, 1.165) is 10.0 Å². The number of sulfonamides is 1. The van der Waals surface area contributed by atoms with Gasteiger partial charge in [-0.2, -0.15) is 4.31 Å². The molecule has 0 bridgehead atoms. The molecule has 2 rings (SSSR count). The Labute approximate surface area is 166 Å². The smallest absolute Gasteiger partial charge is 0.337 e. The first-order chi connectivity index (χ1) is 12.1. The average Bonchev–Trinajstić information content (AvgIpc) is 2.56. The molecule has 0 amide bonds. The molecule has 0 aliphatic rings. The van der Waals surface area contributed by atoms with Crippen LogP contribution in [0.2, 0.25) is 5.02 Å². The van der Waals surface area contributed by atoms with Crippen LogP contribution in [0.4, 0.5) is 0 Å². The normalized spacial score (nSPS) is 13.0. The molecule has 0 saturated carbocycles. The van der Waals surface area contributed by atoms with Crippen LogP contribution in [0, 0.1) is 6.92 Å². The molecule has 0 radical (unpaired) electrons. The van der Waals surface area contributed by atoms with Crippen LogP contribution in [0.25, 0.3) is 0 Å². The molecule has 2 aromatic rings. The highest BCUT2D eigenvalue weighted by atomic mass is 79.9. The molecule has 0 saturated heterocycles. The van der Waals surface area contributed by atoms with Crippen molar-refractivity contribution >= 4 is 43.5 Å². The van der Waals surface area contributed by atoms with Crippen LogP contribution in [0.3, 0.4) is 0 Å². The van der Waals surface area contributed by atoms with E-state index in [1.165, 1.54) is 30.4 Å². The summed E-state index contributed by atoms with van der Waals surface area (Å²) in [5, 5.41) is 9.35. The lowest BCUT2D eigenvalue weighted by atomic mass is 10.1. The summed E-state index contributed by atoms with van der Waals surface area (Å²) in [5.41, 5.74) is 0.784. The summed E-state index contributed by atoms with van der Waals surface area (Å²) >= 11 is 9.30. The second kappa shape index (κ2) is 8.08. The van der Waals surface area contributed by atoms with Gasteiger partial charge < -0.3 is 5.11 Å². The fraction of sp³-hybridized carbons (Fsp3) is 0.278. The molecule has 2 aromatic carbocycles. The third-order valence-corrected chi connectivity index (χ3v) is 7.17. The third kappa shape index (κ3) is 3.96. The lowest BCUT2D eigenvalue weighted by molar-refractivity contribution is 0.0696. The van der Waals surface area contributed by atoms with Crippen molar-refractivity contribution in [3.8, 4) is 0 Å². The number of hydrogen-bond donors (Lipinski definition) is 1. The lowest BCUT2D eigenvalue weighted by Crippen LogP contribution is -2.31. The predicted molar refractivity (Wildman–Crippen MR) is 105 cm³/mol. The second-order valence-corrected chi connectivity index (χ2v) is 9.14. The molecular weight excluding hydrogens is 442 g/mol. The lowest BCUT2D eigenvalue weighted by Gasteiger charge is -2.28. The number of carboxylic acid groups (broad SMARTS) is 1. The quantitative estimate of drug-likeness (QED) is 0.666. The molecule has 0 heterocycles. The van der Waals surface area contributed by atoms with Gasteiger partial charge in [-0.25, -0.2) is 13.2 Å². The number of hydrogen-bond acceptors (Lipinski definition) is 3. The minimum Gasteiger partial charge on any atom is -0.478 e. The molecule has 0 spiro atoms. The highest BCUT2D eigenvalue weighted by Crippen LogP contribution is 2.33. The highest BCUT2D eigenvalue weighted by Gasteiger charge is 2.31. The number of nitrogens with zero attached hydrogens (tertiary/aromatic N) is 1. The van der Waals surface area contributed by atoms with Gasteiger partial charge in [0.05, 0.1) is 15.5 Å². The van der Waals surface area contributed by atoms with E-state index < -0.39 is 16.0 Å². The Hall–Kier alpha value is -1.41. The Morgan fingerprint density at radius 2 is 1.81 bits per heavy atom. The largest absolute Gasteiger partial charge is 0.478 e. The van der Waals surface area contributed by atoms with Crippen molar-refractivity contribution in [3.63, 3.8) is 0 Å². The van der Waals surface area contributed by atoms with Crippen LogP contribution < -0.4 is 0 Å². The standard InChI is InChI=1S/C18H19BrClNO4S/c1-4-15(12-5-7-13(19)8-6-12)21(3)26(24,25)16-10-9-14(20)17(11(16)2)18(22)23/h5-10,15H,4H2,1-3H3,(H,22,23). The van der Waals surface area contributed by atoms with Gasteiger partial charge in [-0.3, -0.25) is 0 Å². The summed E-state index contributed by atoms with van der Waals surface area (Å²) in [5.74, 6) is -1.26. The molecule has 140 valence electrons. The molecule has 26 heavy (non-hydrogen) atoms. The van der Waals surface area contributed by atoms with Gasteiger partial charge in [0.25, 0.3) is 0 Å². The van der Waals surface area contributed by atoms with Crippen LogP contribution in [0.15, 0.2) is 45.8 Å². The number of halogens is 2. The van der Waals surface area contributed by atoms with Crippen LogP contribution >= 0.6 is 27.5 Å². The van der Waals surface area contributed by atoms with Crippen molar-refractivity contribution in [2.24, 2.45) is 0 Å². The molecule has 8 heteroatoms. The van der Waals surface area contributed by atoms with Crippen molar-refractivity contribution in [3.05, 3.63) is 62.6 Å². The Morgan fingerprint density at radius 1 is 1.23 bits per heavy atom. The first kappa shape index (κ1) is 20.9. The van der Waals surface area contributed by atoms with Gasteiger partial charge in [0.1, 0.15) is 0 Å². The minimum atomic E-state index is -3.91. The van der Waals surface area contributed by atoms with Gasteiger partial charge in [-0.05, 0) is 48.7 Å². The van der Waals surface area contributed by atoms with Crippen LogP contribution in [-0.2, 0) is 10.0 Å². The Balaban J connectivity index is 2.54. The van der Waals surface area contributed by atoms with E-state index in [4.69, 9.17) is 11.6 Å².